The second-order valence-electron chi connectivity index (χ2n) is 11.1. The van der Waals surface area contributed by atoms with Crippen LogP contribution in [0.3, 0.4) is 0 Å². The third-order valence-electron chi connectivity index (χ3n) is 9.73. The van der Waals surface area contributed by atoms with Crippen LogP contribution >= 0.6 is 0 Å². The van der Waals surface area contributed by atoms with Gasteiger partial charge in [0, 0.05) is 33.0 Å². The highest BCUT2D eigenvalue weighted by atomic mass is 16.5. The topological polar surface area (TPSA) is 40.3 Å². The highest BCUT2D eigenvalue weighted by Gasteiger charge is 2.78. The molecule has 4 heteroatoms. The van der Waals surface area contributed by atoms with E-state index in [0.717, 1.165) is 31.3 Å². The van der Waals surface area contributed by atoms with Crippen LogP contribution in [0.1, 0.15) is 66.0 Å². The largest absolute Gasteiger partial charge is 0.497 e. The summed E-state index contributed by atoms with van der Waals surface area (Å²) in [5.41, 5.74) is 5.01. The number of hydrogen-bond donors (Lipinski definition) is 2. The number of methoxy groups -OCH3 is 1. The van der Waals surface area contributed by atoms with Crippen molar-refractivity contribution in [1.82, 2.24) is 15.2 Å². The van der Waals surface area contributed by atoms with Gasteiger partial charge >= 0.3 is 0 Å². The number of allylic oxidation sites excluding steroid dienone is 1. The molecule has 5 rings (SSSR count). The third kappa shape index (κ3) is 3.31. The van der Waals surface area contributed by atoms with Crippen molar-refractivity contribution in [1.29, 1.82) is 0 Å². The van der Waals surface area contributed by atoms with Crippen molar-refractivity contribution in [2.24, 2.45) is 17.3 Å². The van der Waals surface area contributed by atoms with E-state index in [-0.39, 0.29) is 16.4 Å². The van der Waals surface area contributed by atoms with E-state index in [2.05, 4.69) is 80.2 Å². The summed E-state index contributed by atoms with van der Waals surface area (Å²) in [4.78, 5) is 6.33. The lowest BCUT2D eigenvalue weighted by Crippen LogP contribution is -2.46. The first kappa shape index (κ1) is 23.0. The highest BCUT2D eigenvalue weighted by molar-refractivity contribution is 5.82. The normalized spacial score (nSPS) is 36.0. The summed E-state index contributed by atoms with van der Waals surface area (Å²) in [5, 5.41) is 5.36. The molecule has 180 valence electrons. The summed E-state index contributed by atoms with van der Waals surface area (Å²) < 4.78 is 5.47. The molecule has 5 atom stereocenters. The fraction of sp³-hybridized carbons (Fsp3) is 0.655. The lowest BCUT2D eigenvalue weighted by Gasteiger charge is -2.41. The third-order valence-corrected chi connectivity index (χ3v) is 9.73. The fourth-order valence-electron chi connectivity index (χ4n) is 7.71. The van der Waals surface area contributed by atoms with Gasteiger partial charge in [0.2, 0.25) is 0 Å². The average Bonchev–Trinajstić information content (AvgIpc) is 3.61. The van der Waals surface area contributed by atoms with E-state index in [1.54, 1.807) is 12.7 Å². The van der Waals surface area contributed by atoms with E-state index in [1.807, 2.05) is 0 Å². The van der Waals surface area contributed by atoms with Crippen LogP contribution in [-0.4, -0.2) is 48.7 Å². The number of fused-ring (bicyclic) bond motifs is 2. The summed E-state index contributed by atoms with van der Waals surface area (Å²) in [6.45, 7) is 16.5. The molecule has 2 N–H and O–H groups in total. The van der Waals surface area contributed by atoms with Gasteiger partial charge in [-0.25, -0.2) is 0 Å². The molecule has 4 nitrogen and oxygen atoms in total. The Labute approximate surface area is 200 Å². The summed E-state index contributed by atoms with van der Waals surface area (Å²) in [6, 6.07) is 8.76. The van der Waals surface area contributed by atoms with E-state index >= 15 is 0 Å². The molecule has 3 saturated carbocycles. The zero-order chi connectivity index (χ0) is 23.4. The number of aromatic nitrogens is 1. The zero-order valence-corrected chi connectivity index (χ0v) is 21.6. The Morgan fingerprint density at radius 1 is 1.24 bits per heavy atom. The first-order chi connectivity index (χ1) is 15.9. The monoisotopic (exact) mass is 449 g/mol. The Morgan fingerprint density at radius 2 is 2.03 bits per heavy atom. The lowest BCUT2D eigenvalue weighted by atomic mass is 9.66. The smallest absolute Gasteiger partial charge is 0.119 e. The van der Waals surface area contributed by atoms with Crippen molar-refractivity contribution in [3.05, 3.63) is 41.6 Å². The Kier molecular flexibility index (Phi) is 5.69. The van der Waals surface area contributed by atoms with Gasteiger partial charge < -0.3 is 19.9 Å². The molecule has 3 aliphatic carbocycles. The standard InChI is InChI=1S/C29H43N3O/c1-7-25-28(19-27(28,5)26-17-21-16-23(33-6)11-12-24(21)31-26)20(4)15-22-18-29(22,25)30-13-10-14-32(8-2)9-3/h7,11-12,16-17,20,22,30-31H,8-10,13-15,18-19H2,1-6H3/b25-7-. The Balaban J connectivity index is 1.39. The molecule has 1 aromatic heterocycles. The number of rotatable bonds is 9. The van der Waals surface area contributed by atoms with Gasteiger partial charge in [-0.1, -0.05) is 33.8 Å². The Bertz CT molecular complexity index is 1050. The SMILES string of the molecule is C/C=C1\C2(NCCCN(CC)CC)CC2CC(C)C12CC2(C)c1cc2cc(OC)ccc2[nH]1. The molecular weight excluding hydrogens is 406 g/mol. The van der Waals surface area contributed by atoms with Gasteiger partial charge in [0.05, 0.1) is 7.11 Å². The van der Waals surface area contributed by atoms with Gasteiger partial charge in [-0.2, -0.15) is 0 Å². The van der Waals surface area contributed by atoms with Gasteiger partial charge in [0.25, 0.3) is 0 Å². The summed E-state index contributed by atoms with van der Waals surface area (Å²) in [7, 11) is 1.74. The number of nitrogens with zero attached hydrogens (tertiary/aromatic N) is 1. The number of nitrogens with one attached hydrogen (secondary N) is 2. The van der Waals surface area contributed by atoms with Crippen LogP contribution in [0, 0.1) is 17.3 Å². The molecule has 0 aliphatic heterocycles. The zero-order valence-electron chi connectivity index (χ0n) is 21.6. The van der Waals surface area contributed by atoms with E-state index in [4.69, 9.17) is 4.74 Å². The minimum atomic E-state index is 0.171. The van der Waals surface area contributed by atoms with Crippen LogP contribution in [0.25, 0.3) is 10.9 Å². The molecule has 33 heavy (non-hydrogen) atoms. The van der Waals surface area contributed by atoms with E-state index < -0.39 is 0 Å². The maximum absolute atomic E-state index is 5.47. The van der Waals surface area contributed by atoms with Crippen molar-refractivity contribution in [2.45, 2.75) is 71.3 Å². The molecule has 0 amide bonds. The fourth-order valence-corrected chi connectivity index (χ4v) is 7.71. The number of hydrogen-bond acceptors (Lipinski definition) is 3. The van der Waals surface area contributed by atoms with Gasteiger partial charge in [-0.05, 0) is 100 Å². The van der Waals surface area contributed by atoms with Gasteiger partial charge in [0.1, 0.15) is 5.75 Å². The van der Waals surface area contributed by atoms with Crippen molar-refractivity contribution < 1.29 is 4.74 Å². The predicted molar refractivity (Wildman–Crippen MR) is 138 cm³/mol. The molecule has 3 aliphatic rings. The van der Waals surface area contributed by atoms with Crippen molar-refractivity contribution in [3.8, 4) is 5.75 Å². The second kappa shape index (κ2) is 8.16. The van der Waals surface area contributed by atoms with Crippen molar-refractivity contribution >= 4 is 10.9 Å². The van der Waals surface area contributed by atoms with Crippen LogP contribution < -0.4 is 10.1 Å². The molecule has 0 saturated heterocycles. The molecule has 3 fully saturated rings. The van der Waals surface area contributed by atoms with Gasteiger partial charge in [-0.3, -0.25) is 0 Å². The maximum Gasteiger partial charge on any atom is 0.119 e. The number of H-pyrrole nitrogens is 1. The summed E-state index contributed by atoms with van der Waals surface area (Å²) in [6.07, 6.45) is 7.65. The molecule has 0 bridgehead atoms. The Hall–Kier alpha value is -1.78. The molecule has 1 aromatic carbocycles. The lowest BCUT2D eigenvalue weighted by molar-refractivity contribution is 0.230. The molecule has 5 unspecified atom stereocenters. The summed E-state index contributed by atoms with van der Waals surface area (Å²) in [5.74, 6) is 2.46. The van der Waals surface area contributed by atoms with E-state index in [9.17, 15) is 0 Å². The van der Waals surface area contributed by atoms with Crippen molar-refractivity contribution in [2.75, 3.05) is 33.3 Å². The van der Waals surface area contributed by atoms with Gasteiger partial charge in [-0.15, -0.1) is 0 Å². The van der Waals surface area contributed by atoms with Crippen LogP contribution in [-0.2, 0) is 5.41 Å². The molecule has 1 heterocycles. The van der Waals surface area contributed by atoms with Crippen LogP contribution in [0.4, 0.5) is 0 Å². The van der Waals surface area contributed by atoms with E-state index in [0.29, 0.717) is 5.92 Å². The molecular formula is C29H43N3O. The first-order valence-electron chi connectivity index (χ1n) is 13.2. The Morgan fingerprint density at radius 3 is 2.73 bits per heavy atom. The van der Waals surface area contributed by atoms with Crippen molar-refractivity contribution in [3.63, 3.8) is 0 Å². The number of aromatic amines is 1. The second-order valence-corrected chi connectivity index (χ2v) is 11.1. The minimum absolute atomic E-state index is 0.171. The first-order valence-corrected chi connectivity index (χ1v) is 13.2. The van der Waals surface area contributed by atoms with Crippen LogP contribution in [0.2, 0.25) is 0 Å². The minimum Gasteiger partial charge on any atom is -0.497 e. The number of benzene rings is 1. The summed E-state index contributed by atoms with van der Waals surface area (Å²) >= 11 is 0. The predicted octanol–water partition coefficient (Wildman–Crippen LogP) is 5.89. The molecule has 2 aromatic rings. The highest BCUT2D eigenvalue weighted by Crippen LogP contribution is 2.80. The van der Waals surface area contributed by atoms with Crippen LogP contribution in [0.15, 0.2) is 35.9 Å². The quantitative estimate of drug-likeness (QED) is 0.370. The average molecular weight is 450 g/mol. The molecule has 0 radical (unpaired) electrons. The van der Waals surface area contributed by atoms with Gasteiger partial charge in [0.15, 0.2) is 0 Å². The van der Waals surface area contributed by atoms with Crippen LogP contribution in [0.5, 0.6) is 5.75 Å². The maximum atomic E-state index is 5.47. The van der Waals surface area contributed by atoms with E-state index in [1.165, 1.54) is 48.8 Å². The number of ether oxygens (including phenoxy) is 1. The molecule has 1 spiro atoms.